The zero-order valence-electron chi connectivity index (χ0n) is 23.8. The molecule has 220 valence electrons. The van der Waals surface area contributed by atoms with Gasteiger partial charge < -0.3 is 23.8 Å². The number of rotatable bonds is 15. The van der Waals surface area contributed by atoms with Crippen molar-refractivity contribution in [2.24, 2.45) is 0 Å². The van der Waals surface area contributed by atoms with Gasteiger partial charge in [0.1, 0.15) is 11.9 Å². The highest BCUT2D eigenvalue weighted by atomic mass is 32.2. The Kier molecular flexibility index (Phi) is 10.5. The predicted molar refractivity (Wildman–Crippen MR) is 152 cm³/mol. The van der Waals surface area contributed by atoms with Crippen LogP contribution in [0.1, 0.15) is 75.2 Å². The molecule has 9 nitrogen and oxygen atoms in total. The zero-order chi connectivity index (χ0) is 28.6. The quantitative estimate of drug-likeness (QED) is 0.287. The number of carbonyl (C=O) groups is 1. The summed E-state index contributed by atoms with van der Waals surface area (Å²) in [7, 11) is -1.99. The van der Waals surface area contributed by atoms with Gasteiger partial charge in [0.15, 0.2) is 0 Å². The molecule has 0 unspecified atom stereocenters. The molecule has 0 aromatic heterocycles. The number of sulfonamides is 1. The average molecular weight is 575 g/mol. The summed E-state index contributed by atoms with van der Waals surface area (Å²) in [6.45, 7) is 6.94. The number of cyclic esters (lactones) is 1. The highest BCUT2D eigenvalue weighted by molar-refractivity contribution is 7.89. The SMILES string of the molecule is CNS(=O)(=O)c1cccc(CCCCOCCCCCCN2C[C@@H](c3ccc4c(c3)COC(C)(C)O4)OC2=O)c1. The maximum absolute atomic E-state index is 12.4. The second kappa shape index (κ2) is 13.8. The molecule has 2 aliphatic rings. The van der Waals surface area contributed by atoms with Crippen LogP contribution in [0.4, 0.5) is 4.79 Å². The molecule has 1 amide bonds. The fourth-order valence-corrected chi connectivity index (χ4v) is 5.70. The van der Waals surface area contributed by atoms with Crippen molar-refractivity contribution in [3.63, 3.8) is 0 Å². The zero-order valence-corrected chi connectivity index (χ0v) is 24.6. The Morgan fingerprint density at radius 3 is 2.60 bits per heavy atom. The molecule has 40 heavy (non-hydrogen) atoms. The Hall–Kier alpha value is -2.66. The van der Waals surface area contributed by atoms with Crippen LogP contribution in [0.15, 0.2) is 47.4 Å². The molecule has 1 fully saturated rings. The Bertz CT molecular complexity index is 1250. The first kappa shape index (κ1) is 30.3. The number of ether oxygens (including phenoxy) is 4. The summed E-state index contributed by atoms with van der Waals surface area (Å²) in [5.74, 6) is 0.184. The van der Waals surface area contributed by atoms with E-state index in [0.29, 0.717) is 31.2 Å². The number of aryl methyl sites for hydroxylation is 1. The van der Waals surface area contributed by atoms with Gasteiger partial charge in [-0.05, 0) is 74.5 Å². The molecular weight excluding hydrogens is 532 g/mol. The van der Waals surface area contributed by atoms with Crippen LogP contribution < -0.4 is 9.46 Å². The number of amides is 1. The summed E-state index contributed by atoms with van der Waals surface area (Å²) in [5.41, 5.74) is 2.95. The maximum atomic E-state index is 12.4. The third kappa shape index (κ3) is 8.42. The first-order valence-corrected chi connectivity index (χ1v) is 15.7. The Morgan fingerprint density at radius 1 is 1.02 bits per heavy atom. The number of nitrogens with one attached hydrogen (secondary N) is 1. The molecule has 2 aromatic rings. The number of hydrogen-bond donors (Lipinski definition) is 1. The van der Waals surface area contributed by atoms with Crippen molar-refractivity contribution >= 4 is 16.1 Å². The minimum atomic E-state index is -3.41. The normalized spacial score (nSPS) is 18.3. The molecule has 0 spiro atoms. The van der Waals surface area contributed by atoms with Crippen molar-refractivity contribution in [3.05, 3.63) is 59.2 Å². The molecule has 4 rings (SSSR count). The van der Waals surface area contributed by atoms with Gasteiger partial charge in [0.05, 0.1) is 18.0 Å². The molecule has 10 heteroatoms. The minimum absolute atomic E-state index is 0.255. The molecule has 1 atom stereocenters. The van der Waals surface area contributed by atoms with Crippen molar-refractivity contribution in [3.8, 4) is 5.75 Å². The van der Waals surface area contributed by atoms with Gasteiger partial charge in [0, 0.05) is 39.2 Å². The lowest BCUT2D eigenvalue weighted by Gasteiger charge is -2.32. The van der Waals surface area contributed by atoms with Crippen LogP contribution in [0, 0.1) is 0 Å². The van der Waals surface area contributed by atoms with Crippen LogP contribution in [0.5, 0.6) is 5.75 Å². The van der Waals surface area contributed by atoms with Gasteiger partial charge in [-0.15, -0.1) is 0 Å². The Balaban J connectivity index is 1.04. The number of hydrogen-bond acceptors (Lipinski definition) is 7. The average Bonchev–Trinajstić information content (AvgIpc) is 3.31. The predicted octanol–water partition coefficient (Wildman–Crippen LogP) is 5.33. The number of fused-ring (bicyclic) bond motifs is 1. The first-order valence-electron chi connectivity index (χ1n) is 14.2. The summed E-state index contributed by atoms with van der Waals surface area (Å²) in [4.78, 5) is 14.5. The summed E-state index contributed by atoms with van der Waals surface area (Å²) in [5, 5.41) is 0. The van der Waals surface area contributed by atoms with Crippen LogP contribution in [-0.4, -0.2) is 58.5 Å². The molecule has 0 aliphatic carbocycles. The molecular formula is C30H42N2O7S. The van der Waals surface area contributed by atoms with E-state index in [1.807, 2.05) is 38.1 Å². The lowest BCUT2D eigenvalue weighted by atomic mass is 10.0. The molecule has 0 saturated carbocycles. The summed E-state index contributed by atoms with van der Waals surface area (Å²) >= 11 is 0. The summed E-state index contributed by atoms with van der Waals surface area (Å²) < 4.78 is 49.2. The Morgan fingerprint density at radius 2 is 1.80 bits per heavy atom. The van der Waals surface area contributed by atoms with Gasteiger partial charge in [0.2, 0.25) is 15.8 Å². The van der Waals surface area contributed by atoms with Crippen molar-refractivity contribution < 1.29 is 32.2 Å². The van der Waals surface area contributed by atoms with Crippen LogP contribution >= 0.6 is 0 Å². The largest absolute Gasteiger partial charge is 0.463 e. The lowest BCUT2D eigenvalue weighted by Crippen LogP contribution is -2.35. The molecule has 1 saturated heterocycles. The second-order valence-corrected chi connectivity index (χ2v) is 12.7. The maximum Gasteiger partial charge on any atom is 0.410 e. The number of benzene rings is 2. The van der Waals surface area contributed by atoms with Crippen molar-refractivity contribution in [1.82, 2.24) is 9.62 Å². The minimum Gasteiger partial charge on any atom is -0.463 e. The van der Waals surface area contributed by atoms with Gasteiger partial charge in [-0.2, -0.15) is 0 Å². The smallest absolute Gasteiger partial charge is 0.410 e. The number of unbranched alkanes of at least 4 members (excludes halogenated alkanes) is 4. The Labute approximate surface area is 238 Å². The third-order valence-electron chi connectivity index (χ3n) is 7.22. The fraction of sp³-hybridized carbons (Fsp3) is 0.567. The lowest BCUT2D eigenvalue weighted by molar-refractivity contribution is -0.180. The van der Waals surface area contributed by atoms with Crippen LogP contribution in [-0.2, 0) is 37.3 Å². The molecule has 2 heterocycles. The highest BCUT2D eigenvalue weighted by Crippen LogP contribution is 2.35. The van der Waals surface area contributed by atoms with Crippen LogP contribution in [0.25, 0.3) is 0 Å². The van der Waals surface area contributed by atoms with Gasteiger partial charge in [0.25, 0.3) is 0 Å². The highest BCUT2D eigenvalue weighted by Gasteiger charge is 2.33. The van der Waals surface area contributed by atoms with Crippen LogP contribution in [0.3, 0.4) is 0 Å². The van der Waals surface area contributed by atoms with E-state index in [1.54, 1.807) is 23.1 Å². The summed E-state index contributed by atoms with van der Waals surface area (Å²) in [6.07, 6.45) is 6.20. The van der Waals surface area contributed by atoms with E-state index < -0.39 is 15.8 Å². The van der Waals surface area contributed by atoms with Crippen molar-refractivity contribution in [2.45, 2.75) is 82.2 Å². The molecule has 1 N–H and O–H groups in total. The molecule has 2 aliphatic heterocycles. The second-order valence-electron chi connectivity index (χ2n) is 10.8. The summed E-state index contributed by atoms with van der Waals surface area (Å²) in [6, 6.07) is 13.0. The van der Waals surface area contributed by atoms with Gasteiger partial charge in [-0.1, -0.05) is 31.0 Å². The van der Waals surface area contributed by atoms with E-state index in [2.05, 4.69) is 4.72 Å². The molecule has 0 bridgehead atoms. The number of carbonyl (C=O) groups excluding carboxylic acids is 1. The van der Waals surface area contributed by atoms with E-state index in [9.17, 15) is 13.2 Å². The monoisotopic (exact) mass is 574 g/mol. The molecule has 2 aromatic carbocycles. The fourth-order valence-electron chi connectivity index (χ4n) is 4.90. The topological polar surface area (TPSA) is 103 Å². The van der Waals surface area contributed by atoms with E-state index in [-0.39, 0.29) is 12.2 Å². The van der Waals surface area contributed by atoms with Gasteiger partial charge in [-0.3, -0.25) is 0 Å². The van der Waals surface area contributed by atoms with Crippen molar-refractivity contribution in [2.75, 3.05) is 33.4 Å². The van der Waals surface area contributed by atoms with E-state index in [1.165, 1.54) is 7.05 Å². The third-order valence-corrected chi connectivity index (χ3v) is 8.64. The van der Waals surface area contributed by atoms with Crippen LogP contribution in [0.2, 0.25) is 0 Å². The first-order chi connectivity index (χ1) is 19.2. The standard InChI is InChI=1S/C30H42N2O7S/c1-30(2)37-22-25-20-24(14-15-27(25)39-30)28-21-32(29(33)38-28)16-7-4-5-8-17-36-18-9-6-11-23-12-10-13-26(19-23)40(34,35)31-3/h10,12-15,19-20,28,31H,4-9,11,16-18,21-22H2,1-3H3/t28-/m0/s1. The van der Waals surface area contributed by atoms with E-state index in [4.69, 9.17) is 18.9 Å². The van der Waals surface area contributed by atoms with Crippen molar-refractivity contribution in [1.29, 1.82) is 0 Å². The van der Waals surface area contributed by atoms with Gasteiger partial charge >= 0.3 is 6.09 Å². The van der Waals surface area contributed by atoms with E-state index >= 15 is 0 Å². The number of nitrogens with zero attached hydrogens (tertiary/aromatic N) is 1. The molecule has 0 radical (unpaired) electrons. The van der Waals surface area contributed by atoms with Gasteiger partial charge in [-0.25, -0.2) is 17.9 Å². The van der Waals surface area contributed by atoms with E-state index in [0.717, 1.165) is 74.0 Å².